The number of aryl methyl sites for hydroxylation is 2. The summed E-state index contributed by atoms with van der Waals surface area (Å²) >= 11 is 0. The van der Waals surface area contributed by atoms with Gasteiger partial charge in [-0.15, -0.1) is 10.2 Å². The van der Waals surface area contributed by atoms with Gasteiger partial charge in [0.05, 0.1) is 0 Å². The van der Waals surface area contributed by atoms with Crippen LogP contribution in [0.3, 0.4) is 0 Å². The minimum Gasteiger partial charge on any atom is -0.337 e. The Bertz CT molecular complexity index is 873. The molecule has 0 fully saturated rings. The molecule has 0 spiro atoms. The van der Waals surface area contributed by atoms with Crippen molar-refractivity contribution in [3.63, 3.8) is 0 Å². The molecule has 0 saturated heterocycles. The topological polar surface area (TPSA) is 82.7 Å². The zero-order valence-corrected chi connectivity index (χ0v) is 13.2. The second-order valence-electron chi connectivity index (χ2n) is 5.43. The van der Waals surface area contributed by atoms with E-state index in [1.807, 2.05) is 31.2 Å². The number of carbonyl (C=O) groups is 1. The number of hydrogen-bond donors (Lipinski definition) is 3. The lowest BCUT2D eigenvalue weighted by Crippen LogP contribution is -2.15. The fourth-order valence-electron chi connectivity index (χ4n) is 2.20. The van der Waals surface area contributed by atoms with Gasteiger partial charge in [-0.25, -0.2) is 4.39 Å². The van der Waals surface area contributed by atoms with Crippen LogP contribution < -0.4 is 10.6 Å². The van der Waals surface area contributed by atoms with Gasteiger partial charge in [-0.2, -0.15) is 5.21 Å². The molecule has 3 N–H and O–H groups in total. The van der Waals surface area contributed by atoms with Crippen molar-refractivity contribution in [1.29, 1.82) is 0 Å². The van der Waals surface area contributed by atoms with Gasteiger partial charge in [-0.3, -0.25) is 4.79 Å². The first-order valence-corrected chi connectivity index (χ1v) is 7.35. The van der Waals surface area contributed by atoms with Crippen LogP contribution in [0.4, 0.5) is 21.6 Å². The molecule has 1 amide bonds. The van der Waals surface area contributed by atoms with Crippen molar-refractivity contribution >= 4 is 23.1 Å². The van der Waals surface area contributed by atoms with Crippen LogP contribution in [0.5, 0.6) is 0 Å². The fraction of sp³-hybridized carbons (Fsp3) is 0.118. The fourth-order valence-corrected chi connectivity index (χ4v) is 2.20. The van der Waals surface area contributed by atoms with E-state index in [1.165, 1.54) is 18.2 Å². The molecule has 1 aromatic heterocycles. The standard InChI is InChI=1S/C17H16FN5O/c1-10-3-6-13(7-4-10)19-16-15(21-23-22-16)17(24)20-14-8-5-12(18)9-11(14)2/h3-9H,1-2H3,(H,20,24)(H2,19,21,22,23). The van der Waals surface area contributed by atoms with Gasteiger partial charge in [0.1, 0.15) is 5.82 Å². The number of benzene rings is 2. The molecule has 2 aromatic carbocycles. The summed E-state index contributed by atoms with van der Waals surface area (Å²) in [7, 11) is 0. The molecule has 0 aliphatic heterocycles. The minimum atomic E-state index is -0.437. The van der Waals surface area contributed by atoms with Crippen molar-refractivity contribution in [2.45, 2.75) is 13.8 Å². The Morgan fingerprint density at radius 2 is 1.83 bits per heavy atom. The van der Waals surface area contributed by atoms with E-state index in [2.05, 4.69) is 26.0 Å². The Morgan fingerprint density at radius 3 is 2.54 bits per heavy atom. The van der Waals surface area contributed by atoms with Gasteiger partial charge in [-0.1, -0.05) is 17.7 Å². The van der Waals surface area contributed by atoms with Crippen molar-refractivity contribution in [2.75, 3.05) is 10.6 Å². The predicted molar refractivity (Wildman–Crippen MR) is 89.9 cm³/mol. The van der Waals surface area contributed by atoms with Crippen LogP contribution in [0.2, 0.25) is 0 Å². The number of aromatic amines is 1. The SMILES string of the molecule is Cc1ccc(Nc2n[nH]nc2C(=O)Nc2ccc(F)cc2C)cc1. The van der Waals surface area contributed by atoms with E-state index in [4.69, 9.17) is 0 Å². The first-order valence-electron chi connectivity index (χ1n) is 7.35. The van der Waals surface area contributed by atoms with Gasteiger partial charge in [0.25, 0.3) is 5.91 Å². The Morgan fingerprint density at radius 1 is 1.08 bits per heavy atom. The Balaban J connectivity index is 1.78. The number of amides is 1. The summed E-state index contributed by atoms with van der Waals surface area (Å²) in [4.78, 5) is 12.4. The van der Waals surface area contributed by atoms with E-state index >= 15 is 0 Å². The van der Waals surface area contributed by atoms with Crippen LogP contribution in [0.25, 0.3) is 0 Å². The molecule has 3 rings (SSSR count). The number of aromatic nitrogens is 3. The first-order chi connectivity index (χ1) is 11.5. The van der Waals surface area contributed by atoms with E-state index in [9.17, 15) is 9.18 Å². The van der Waals surface area contributed by atoms with Crippen molar-refractivity contribution in [3.05, 3.63) is 65.1 Å². The van der Waals surface area contributed by atoms with Crippen LogP contribution in [-0.4, -0.2) is 21.3 Å². The van der Waals surface area contributed by atoms with Gasteiger partial charge in [0, 0.05) is 11.4 Å². The highest BCUT2D eigenvalue weighted by Gasteiger charge is 2.17. The van der Waals surface area contributed by atoms with Crippen molar-refractivity contribution in [1.82, 2.24) is 15.4 Å². The molecule has 0 aliphatic rings. The highest BCUT2D eigenvalue weighted by molar-refractivity contribution is 6.06. The summed E-state index contributed by atoms with van der Waals surface area (Å²) in [5.41, 5.74) is 3.19. The quantitative estimate of drug-likeness (QED) is 0.685. The maximum Gasteiger partial charge on any atom is 0.280 e. The maximum atomic E-state index is 13.1. The molecule has 7 heteroatoms. The monoisotopic (exact) mass is 325 g/mol. The third-order valence-corrected chi connectivity index (χ3v) is 3.51. The smallest absolute Gasteiger partial charge is 0.280 e. The summed E-state index contributed by atoms with van der Waals surface area (Å²) in [5, 5.41) is 16.0. The van der Waals surface area contributed by atoms with Gasteiger partial charge >= 0.3 is 0 Å². The molecule has 24 heavy (non-hydrogen) atoms. The summed E-state index contributed by atoms with van der Waals surface area (Å²) in [6.45, 7) is 3.71. The number of nitrogens with zero attached hydrogens (tertiary/aromatic N) is 2. The largest absolute Gasteiger partial charge is 0.337 e. The second kappa shape index (κ2) is 6.49. The number of nitrogens with one attached hydrogen (secondary N) is 3. The Hall–Kier alpha value is -3.22. The van der Waals surface area contributed by atoms with Crippen LogP contribution >= 0.6 is 0 Å². The van der Waals surface area contributed by atoms with Crippen LogP contribution in [-0.2, 0) is 0 Å². The number of carbonyl (C=O) groups excluding carboxylic acids is 1. The summed E-state index contributed by atoms with van der Waals surface area (Å²) < 4.78 is 13.1. The molecule has 0 unspecified atom stereocenters. The predicted octanol–water partition coefficient (Wildman–Crippen LogP) is 3.56. The van der Waals surface area contributed by atoms with Crippen molar-refractivity contribution in [2.24, 2.45) is 0 Å². The molecule has 0 bridgehead atoms. The van der Waals surface area contributed by atoms with E-state index < -0.39 is 5.91 Å². The third-order valence-electron chi connectivity index (χ3n) is 3.51. The molecule has 3 aromatic rings. The van der Waals surface area contributed by atoms with Gasteiger partial charge in [-0.05, 0) is 49.7 Å². The maximum absolute atomic E-state index is 13.1. The number of rotatable bonds is 4. The molecule has 1 heterocycles. The minimum absolute atomic E-state index is 0.124. The van der Waals surface area contributed by atoms with E-state index in [0.717, 1.165) is 11.3 Å². The lowest BCUT2D eigenvalue weighted by molar-refractivity contribution is 0.102. The number of H-pyrrole nitrogens is 1. The van der Waals surface area contributed by atoms with Gasteiger partial charge in [0.2, 0.25) is 0 Å². The van der Waals surface area contributed by atoms with E-state index in [1.54, 1.807) is 6.92 Å². The first kappa shape index (κ1) is 15.7. The zero-order valence-electron chi connectivity index (χ0n) is 13.2. The van der Waals surface area contributed by atoms with Crippen molar-refractivity contribution in [3.8, 4) is 0 Å². The molecule has 0 aliphatic carbocycles. The second-order valence-corrected chi connectivity index (χ2v) is 5.43. The van der Waals surface area contributed by atoms with E-state index in [-0.39, 0.29) is 11.5 Å². The summed E-state index contributed by atoms with van der Waals surface area (Å²) in [6, 6.07) is 11.8. The van der Waals surface area contributed by atoms with Crippen molar-refractivity contribution < 1.29 is 9.18 Å². The molecule has 122 valence electrons. The Labute approximate surface area is 138 Å². The Kier molecular flexibility index (Phi) is 4.24. The zero-order chi connectivity index (χ0) is 17.1. The number of hydrogen-bond acceptors (Lipinski definition) is 4. The highest BCUT2D eigenvalue weighted by atomic mass is 19.1. The number of anilines is 3. The molecular weight excluding hydrogens is 309 g/mol. The van der Waals surface area contributed by atoms with Gasteiger partial charge < -0.3 is 10.6 Å². The molecular formula is C17H16FN5O. The molecule has 6 nitrogen and oxygen atoms in total. The lowest BCUT2D eigenvalue weighted by Gasteiger charge is -2.08. The van der Waals surface area contributed by atoms with Crippen LogP contribution in [0, 0.1) is 19.7 Å². The average molecular weight is 325 g/mol. The highest BCUT2D eigenvalue weighted by Crippen LogP contribution is 2.20. The number of halogens is 1. The molecule has 0 atom stereocenters. The average Bonchev–Trinajstić information content (AvgIpc) is 3.00. The molecule has 0 radical (unpaired) electrons. The van der Waals surface area contributed by atoms with Crippen LogP contribution in [0.15, 0.2) is 42.5 Å². The third kappa shape index (κ3) is 3.40. The van der Waals surface area contributed by atoms with Crippen LogP contribution in [0.1, 0.15) is 21.6 Å². The lowest BCUT2D eigenvalue weighted by atomic mass is 10.2. The van der Waals surface area contributed by atoms with E-state index in [0.29, 0.717) is 17.1 Å². The summed E-state index contributed by atoms with van der Waals surface area (Å²) in [6.07, 6.45) is 0. The molecule has 0 saturated carbocycles. The normalized spacial score (nSPS) is 10.5. The van der Waals surface area contributed by atoms with Gasteiger partial charge in [0.15, 0.2) is 11.5 Å². The summed E-state index contributed by atoms with van der Waals surface area (Å²) in [5.74, 6) is -0.474.